The minimum absolute atomic E-state index is 0.0585. The number of benzene rings is 1. The number of hydrogen-bond acceptors (Lipinski definition) is 7. The quantitative estimate of drug-likeness (QED) is 0.348. The van der Waals surface area contributed by atoms with Crippen molar-refractivity contribution >= 4 is 44.9 Å². The van der Waals surface area contributed by atoms with E-state index in [2.05, 4.69) is 37.9 Å². The maximum absolute atomic E-state index is 12.8. The zero-order valence-corrected chi connectivity index (χ0v) is 20.6. The number of rotatable bonds is 9. The molecular weight excluding hydrogens is 428 g/mol. The Kier molecular flexibility index (Phi) is 7.91. The number of thiophene rings is 1. The Hall–Kier alpha value is -2.16. The number of aromatic nitrogens is 2. The molecule has 1 amide bonds. The van der Waals surface area contributed by atoms with Gasteiger partial charge in [-0.3, -0.25) is 9.69 Å². The lowest BCUT2D eigenvalue weighted by Crippen LogP contribution is -2.24. The second-order valence-electron chi connectivity index (χ2n) is 7.35. The van der Waals surface area contributed by atoms with E-state index in [0.29, 0.717) is 6.54 Å². The first kappa shape index (κ1) is 23.5. The molecule has 31 heavy (non-hydrogen) atoms. The van der Waals surface area contributed by atoms with Gasteiger partial charge in [0.15, 0.2) is 0 Å². The van der Waals surface area contributed by atoms with E-state index in [9.17, 15) is 4.79 Å². The molecule has 0 aliphatic rings. The predicted octanol–water partition coefficient (Wildman–Crippen LogP) is 5.28. The summed E-state index contributed by atoms with van der Waals surface area (Å²) in [7, 11) is 1.62. The Morgan fingerprint density at radius 2 is 1.87 bits per heavy atom. The van der Waals surface area contributed by atoms with Gasteiger partial charge in [0.25, 0.3) is 0 Å². The summed E-state index contributed by atoms with van der Waals surface area (Å²) in [5.74, 6) is 1.51. The SMILES string of the molecule is CCN(CC)Cc1nc(S[C@H](C)C(=O)Nc2ccc(OC)cc2)c2c(C)c(C)sc2n1. The number of thioether (sulfide) groups is 1. The van der Waals surface area contributed by atoms with Gasteiger partial charge >= 0.3 is 0 Å². The fraction of sp³-hybridized carbons (Fsp3) is 0.435. The van der Waals surface area contributed by atoms with Crippen LogP contribution < -0.4 is 10.1 Å². The van der Waals surface area contributed by atoms with Crippen molar-refractivity contribution in [2.75, 3.05) is 25.5 Å². The van der Waals surface area contributed by atoms with Crippen LogP contribution in [-0.2, 0) is 11.3 Å². The number of methoxy groups -OCH3 is 1. The summed E-state index contributed by atoms with van der Waals surface area (Å²) < 4.78 is 5.18. The van der Waals surface area contributed by atoms with Crippen LogP contribution in [0.2, 0.25) is 0 Å². The van der Waals surface area contributed by atoms with Gasteiger partial charge in [0.1, 0.15) is 21.4 Å². The first-order chi connectivity index (χ1) is 14.9. The van der Waals surface area contributed by atoms with Crippen molar-refractivity contribution in [1.29, 1.82) is 0 Å². The zero-order chi connectivity index (χ0) is 22.5. The van der Waals surface area contributed by atoms with Crippen LogP contribution in [0.4, 0.5) is 5.69 Å². The monoisotopic (exact) mass is 458 g/mol. The number of nitrogens with zero attached hydrogens (tertiary/aromatic N) is 3. The number of nitrogens with one attached hydrogen (secondary N) is 1. The largest absolute Gasteiger partial charge is 0.497 e. The molecule has 6 nitrogen and oxygen atoms in total. The van der Waals surface area contributed by atoms with Gasteiger partial charge in [-0.05, 0) is 63.7 Å². The van der Waals surface area contributed by atoms with Gasteiger partial charge in [-0.15, -0.1) is 11.3 Å². The van der Waals surface area contributed by atoms with Gasteiger partial charge in [-0.25, -0.2) is 9.97 Å². The number of carbonyl (C=O) groups is 1. The first-order valence-electron chi connectivity index (χ1n) is 10.5. The van der Waals surface area contributed by atoms with Crippen molar-refractivity contribution in [1.82, 2.24) is 14.9 Å². The summed E-state index contributed by atoms with van der Waals surface area (Å²) in [6.45, 7) is 13.0. The lowest BCUT2D eigenvalue weighted by atomic mass is 10.2. The minimum Gasteiger partial charge on any atom is -0.497 e. The van der Waals surface area contributed by atoms with Crippen molar-refractivity contribution in [2.45, 2.75) is 51.4 Å². The predicted molar refractivity (Wildman–Crippen MR) is 130 cm³/mol. The molecule has 0 aliphatic carbocycles. The lowest BCUT2D eigenvalue weighted by Gasteiger charge is -2.18. The average Bonchev–Trinajstić information content (AvgIpc) is 3.06. The highest BCUT2D eigenvalue weighted by molar-refractivity contribution is 8.00. The number of ether oxygens (including phenoxy) is 1. The van der Waals surface area contributed by atoms with Gasteiger partial charge in [0.2, 0.25) is 5.91 Å². The molecule has 1 aromatic carbocycles. The van der Waals surface area contributed by atoms with E-state index in [-0.39, 0.29) is 11.2 Å². The van der Waals surface area contributed by atoms with E-state index in [0.717, 1.165) is 45.6 Å². The summed E-state index contributed by atoms with van der Waals surface area (Å²) in [4.78, 5) is 27.1. The summed E-state index contributed by atoms with van der Waals surface area (Å²) in [6.07, 6.45) is 0. The summed E-state index contributed by atoms with van der Waals surface area (Å²) in [5, 5.41) is 4.63. The Bertz CT molecular complexity index is 1050. The van der Waals surface area contributed by atoms with E-state index in [1.54, 1.807) is 18.4 Å². The van der Waals surface area contributed by atoms with Crippen LogP contribution >= 0.6 is 23.1 Å². The van der Waals surface area contributed by atoms with E-state index in [4.69, 9.17) is 14.7 Å². The highest BCUT2D eigenvalue weighted by Gasteiger charge is 2.21. The molecule has 2 aromatic heterocycles. The van der Waals surface area contributed by atoms with E-state index in [1.165, 1.54) is 22.2 Å². The van der Waals surface area contributed by atoms with Crippen LogP contribution in [0.1, 0.15) is 37.0 Å². The number of aryl methyl sites for hydroxylation is 2. The smallest absolute Gasteiger partial charge is 0.237 e. The minimum atomic E-state index is -0.305. The fourth-order valence-electron chi connectivity index (χ4n) is 3.20. The van der Waals surface area contributed by atoms with Crippen LogP contribution in [0.15, 0.2) is 29.3 Å². The molecule has 3 aromatic rings. The maximum Gasteiger partial charge on any atom is 0.237 e. The third kappa shape index (κ3) is 5.56. The number of amides is 1. The molecule has 166 valence electrons. The Morgan fingerprint density at radius 3 is 2.48 bits per heavy atom. The van der Waals surface area contributed by atoms with Crippen molar-refractivity contribution in [2.24, 2.45) is 0 Å². The topological polar surface area (TPSA) is 67.4 Å². The van der Waals surface area contributed by atoms with Crippen LogP contribution in [0, 0.1) is 13.8 Å². The van der Waals surface area contributed by atoms with E-state index >= 15 is 0 Å². The van der Waals surface area contributed by atoms with Gasteiger partial charge < -0.3 is 10.1 Å². The highest BCUT2D eigenvalue weighted by Crippen LogP contribution is 2.37. The van der Waals surface area contributed by atoms with Gasteiger partial charge in [0, 0.05) is 16.0 Å². The van der Waals surface area contributed by atoms with Crippen LogP contribution in [0.25, 0.3) is 10.2 Å². The van der Waals surface area contributed by atoms with Gasteiger partial charge in [0.05, 0.1) is 18.9 Å². The van der Waals surface area contributed by atoms with Gasteiger partial charge in [-0.2, -0.15) is 0 Å². The van der Waals surface area contributed by atoms with Crippen molar-refractivity contribution in [3.8, 4) is 5.75 Å². The second-order valence-corrected chi connectivity index (χ2v) is 9.88. The Morgan fingerprint density at radius 1 is 1.19 bits per heavy atom. The number of hydrogen-bond donors (Lipinski definition) is 1. The molecule has 0 bridgehead atoms. The van der Waals surface area contributed by atoms with Crippen LogP contribution in [0.5, 0.6) is 5.75 Å². The Balaban J connectivity index is 1.84. The average molecular weight is 459 g/mol. The molecule has 2 heterocycles. The summed E-state index contributed by atoms with van der Waals surface area (Å²) in [5.41, 5.74) is 1.94. The molecule has 3 rings (SSSR count). The molecule has 8 heteroatoms. The van der Waals surface area contributed by atoms with Crippen LogP contribution in [-0.4, -0.2) is 46.2 Å². The molecule has 0 spiro atoms. The molecule has 0 unspecified atom stereocenters. The normalized spacial score (nSPS) is 12.4. The maximum atomic E-state index is 12.8. The number of carbonyl (C=O) groups excluding carboxylic acids is 1. The second kappa shape index (κ2) is 10.4. The Labute approximate surface area is 192 Å². The standard InChI is InChI=1S/C23H30N4O2S2/c1-7-27(8-2)13-19-25-22-20(14(3)15(4)30-22)23(26-19)31-16(5)21(28)24-17-9-11-18(29-6)12-10-17/h9-12,16H,7-8,13H2,1-6H3,(H,24,28)/t16-/m1/s1. The number of fused-ring (bicyclic) bond motifs is 1. The van der Waals surface area contributed by atoms with Crippen LogP contribution in [0.3, 0.4) is 0 Å². The third-order valence-electron chi connectivity index (χ3n) is 5.32. The third-order valence-corrected chi connectivity index (χ3v) is 7.50. The summed E-state index contributed by atoms with van der Waals surface area (Å²) in [6, 6.07) is 7.34. The van der Waals surface area contributed by atoms with E-state index in [1.807, 2.05) is 31.2 Å². The molecule has 1 atom stereocenters. The molecule has 1 N–H and O–H groups in total. The molecular formula is C23H30N4O2S2. The summed E-state index contributed by atoms with van der Waals surface area (Å²) >= 11 is 3.19. The molecule has 0 radical (unpaired) electrons. The van der Waals surface area contributed by atoms with Crippen molar-refractivity contribution < 1.29 is 9.53 Å². The molecule has 0 saturated carbocycles. The number of anilines is 1. The first-order valence-corrected chi connectivity index (χ1v) is 12.2. The molecule has 0 saturated heterocycles. The molecule has 0 aliphatic heterocycles. The van der Waals surface area contributed by atoms with Crippen molar-refractivity contribution in [3.63, 3.8) is 0 Å². The fourth-order valence-corrected chi connectivity index (χ4v) is 5.34. The van der Waals surface area contributed by atoms with Gasteiger partial charge in [-0.1, -0.05) is 25.6 Å². The zero-order valence-electron chi connectivity index (χ0n) is 19.0. The van der Waals surface area contributed by atoms with Crippen molar-refractivity contribution in [3.05, 3.63) is 40.5 Å². The lowest BCUT2D eigenvalue weighted by molar-refractivity contribution is -0.115. The molecule has 0 fully saturated rings. The van der Waals surface area contributed by atoms with E-state index < -0.39 is 0 Å². The highest BCUT2D eigenvalue weighted by atomic mass is 32.2.